The third kappa shape index (κ3) is 3.25. The van der Waals surface area contributed by atoms with E-state index in [-0.39, 0.29) is 19.2 Å². The van der Waals surface area contributed by atoms with Gasteiger partial charge >= 0.3 is 0 Å². The average Bonchev–Trinajstić information content (AvgIpc) is 3.42. The first-order valence-corrected chi connectivity index (χ1v) is 8.86. The summed E-state index contributed by atoms with van der Waals surface area (Å²) in [6, 6.07) is 9.20. The zero-order valence-corrected chi connectivity index (χ0v) is 15.2. The van der Waals surface area contributed by atoms with Crippen LogP contribution in [0.25, 0.3) is 23.0 Å². The molecule has 1 aliphatic heterocycles. The van der Waals surface area contributed by atoms with E-state index in [1.54, 1.807) is 4.90 Å². The van der Waals surface area contributed by atoms with Gasteiger partial charge in [0.15, 0.2) is 11.5 Å². The van der Waals surface area contributed by atoms with Gasteiger partial charge in [-0.1, -0.05) is 5.16 Å². The van der Waals surface area contributed by atoms with E-state index in [4.69, 9.17) is 14.0 Å². The largest absolute Gasteiger partial charge is 0.454 e. The molecule has 0 saturated carbocycles. The van der Waals surface area contributed by atoms with E-state index in [1.807, 2.05) is 54.9 Å². The molecule has 0 fully saturated rings. The summed E-state index contributed by atoms with van der Waals surface area (Å²) in [5.74, 6) is 2.22. The Hall–Kier alpha value is -3.29. The third-order valence-electron chi connectivity index (χ3n) is 4.53. The van der Waals surface area contributed by atoms with Crippen molar-refractivity contribution >= 4 is 5.91 Å². The number of hydrogen-bond acceptors (Lipinski definition) is 6. The SMILES string of the molecule is CCN(CC)C(=O)Cn1cccc1-c1nc(-c2ccc3c(c2)OCO3)no1. The van der Waals surface area contributed by atoms with Crippen molar-refractivity contribution in [2.45, 2.75) is 20.4 Å². The van der Waals surface area contributed by atoms with Gasteiger partial charge in [-0.05, 0) is 44.2 Å². The van der Waals surface area contributed by atoms with E-state index in [1.165, 1.54) is 0 Å². The molecule has 0 aliphatic carbocycles. The van der Waals surface area contributed by atoms with Gasteiger partial charge in [0, 0.05) is 24.8 Å². The topological polar surface area (TPSA) is 82.6 Å². The van der Waals surface area contributed by atoms with Gasteiger partial charge in [-0.25, -0.2) is 0 Å². The van der Waals surface area contributed by atoms with Crippen LogP contribution >= 0.6 is 0 Å². The second-order valence-corrected chi connectivity index (χ2v) is 6.08. The van der Waals surface area contributed by atoms with E-state index >= 15 is 0 Å². The van der Waals surface area contributed by atoms with Crippen molar-refractivity contribution in [3.8, 4) is 34.5 Å². The van der Waals surface area contributed by atoms with E-state index in [0.29, 0.717) is 42.0 Å². The lowest BCUT2D eigenvalue weighted by molar-refractivity contribution is -0.131. The number of ether oxygens (including phenoxy) is 2. The molecule has 3 heterocycles. The van der Waals surface area contributed by atoms with Crippen LogP contribution in [0.2, 0.25) is 0 Å². The molecule has 0 atom stereocenters. The Morgan fingerprint density at radius 1 is 1.19 bits per heavy atom. The maximum atomic E-state index is 12.4. The Labute approximate surface area is 156 Å². The molecule has 1 aromatic carbocycles. The first-order chi connectivity index (χ1) is 13.2. The van der Waals surface area contributed by atoms with Gasteiger partial charge in [0.1, 0.15) is 12.2 Å². The van der Waals surface area contributed by atoms with Crippen molar-refractivity contribution < 1.29 is 18.8 Å². The molecule has 140 valence electrons. The normalized spacial score (nSPS) is 12.4. The first-order valence-electron chi connectivity index (χ1n) is 8.86. The highest BCUT2D eigenvalue weighted by atomic mass is 16.7. The molecule has 8 nitrogen and oxygen atoms in total. The summed E-state index contributed by atoms with van der Waals surface area (Å²) in [5, 5.41) is 4.06. The summed E-state index contributed by atoms with van der Waals surface area (Å²) < 4.78 is 18.0. The quantitative estimate of drug-likeness (QED) is 0.665. The maximum Gasteiger partial charge on any atom is 0.274 e. The molecule has 0 radical (unpaired) electrons. The Balaban J connectivity index is 1.58. The molecule has 0 saturated heterocycles. The summed E-state index contributed by atoms with van der Waals surface area (Å²) in [6.45, 7) is 5.73. The van der Waals surface area contributed by atoms with Crippen molar-refractivity contribution in [3.63, 3.8) is 0 Å². The standard InChI is InChI=1S/C19H20N4O4/c1-3-22(4-2)17(24)11-23-9-5-6-14(23)19-20-18(21-27-19)13-7-8-15-16(10-13)26-12-25-15/h5-10H,3-4,11-12H2,1-2H3. The molecular weight excluding hydrogens is 348 g/mol. The van der Waals surface area contributed by atoms with Crippen LogP contribution in [0.4, 0.5) is 0 Å². The smallest absolute Gasteiger partial charge is 0.274 e. The van der Waals surface area contributed by atoms with E-state index in [9.17, 15) is 4.79 Å². The molecule has 0 bridgehead atoms. The molecular formula is C19H20N4O4. The number of benzene rings is 1. The second-order valence-electron chi connectivity index (χ2n) is 6.08. The van der Waals surface area contributed by atoms with Crippen LogP contribution in [-0.2, 0) is 11.3 Å². The number of amides is 1. The maximum absolute atomic E-state index is 12.4. The van der Waals surface area contributed by atoms with Gasteiger partial charge in [0.2, 0.25) is 18.5 Å². The zero-order chi connectivity index (χ0) is 18.8. The number of fused-ring (bicyclic) bond motifs is 1. The third-order valence-corrected chi connectivity index (χ3v) is 4.53. The average molecular weight is 368 g/mol. The highest BCUT2D eigenvalue weighted by Gasteiger charge is 2.19. The number of carbonyl (C=O) groups is 1. The number of carbonyl (C=O) groups excluding carboxylic acids is 1. The molecule has 0 N–H and O–H groups in total. The van der Waals surface area contributed by atoms with Gasteiger partial charge in [-0.2, -0.15) is 4.98 Å². The molecule has 1 aliphatic rings. The van der Waals surface area contributed by atoms with Crippen LogP contribution in [0.15, 0.2) is 41.1 Å². The van der Waals surface area contributed by atoms with Gasteiger partial charge in [-0.15, -0.1) is 0 Å². The molecule has 1 amide bonds. The van der Waals surface area contributed by atoms with Crippen LogP contribution in [0, 0.1) is 0 Å². The number of rotatable bonds is 6. The minimum Gasteiger partial charge on any atom is -0.454 e. The fourth-order valence-corrected chi connectivity index (χ4v) is 3.05. The van der Waals surface area contributed by atoms with Gasteiger partial charge in [-0.3, -0.25) is 4.79 Å². The fourth-order valence-electron chi connectivity index (χ4n) is 3.05. The van der Waals surface area contributed by atoms with Gasteiger partial charge in [0.05, 0.1) is 0 Å². The predicted octanol–water partition coefficient (Wildman–Crippen LogP) is 2.80. The monoisotopic (exact) mass is 368 g/mol. The van der Waals surface area contributed by atoms with Crippen molar-refractivity contribution in [2.24, 2.45) is 0 Å². The molecule has 4 rings (SSSR count). The minimum absolute atomic E-state index is 0.0490. The van der Waals surface area contributed by atoms with Crippen LogP contribution in [-0.4, -0.2) is 45.4 Å². The first kappa shape index (κ1) is 17.1. The summed E-state index contributed by atoms with van der Waals surface area (Å²) in [4.78, 5) is 18.7. The van der Waals surface area contributed by atoms with Crippen molar-refractivity contribution in [3.05, 3.63) is 36.5 Å². The van der Waals surface area contributed by atoms with Crippen LogP contribution in [0.3, 0.4) is 0 Å². The molecule has 27 heavy (non-hydrogen) atoms. The number of likely N-dealkylation sites (N-methyl/N-ethyl adjacent to an activating group) is 1. The molecule has 8 heteroatoms. The zero-order valence-electron chi connectivity index (χ0n) is 15.2. The highest BCUT2D eigenvalue weighted by molar-refractivity contribution is 5.76. The lowest BCUT2D eigenvalue weighted by Crippen LogP contribution is -2.33. The van der Waals surface area contributed by atoms with Crippen LogP contribution in [0.5, 0.6) is 11.5 Å². The van der Waals surface area contributed by atoms with Crippen molar-refractivity contribution in [2.75, 3.05) is 19.9 Å². The second kappa shape index (κ2) is 7.14. The molecule has 3 aromatic rings. The number of hydrogen-bond donors (Lipinski definition) is 0. The number of nitrogens with zero attached hydrogens (tertiary/aromatic N) is 4. The fraction of sp³-hybridized carbons (Fsp3) is 0.316. The van der Waals surface area contributed by atoms with Gasteiger partial charge < -0.3 is 23.5 Å². The van der Waals surface area contributed by atoms with Crippen molar-refractivity contribution in [1.29, 1.82) is 0 Å². The van der Waals surface area contributed by atoms with Crippen molar-refractivity contribution in [1.82, 2.24) is 19.6 Å². The summed E-state index contributed by atoms with van der Waals surface area (Å²) in [6.07, 6.45) is 1.83. The van der Waals surface area contributed by atoms with E-state index < -0.39 is 0 Å². The van der Waals surface area contributed by atoms with E-state index in [0.717, 1.165) is 5.56 Å². The predicted molar refractivity (Wildman–Crippen MR) is 97.2 cm³/mol. The van der Waals surface area contributed by atoms with E-state index in [2.05, 4.69) is 10.1 Å². The summed E-state index contributed by atoms with van der Waals surface area (Å²) >= 11 is 0. The van der Waals surface area contributed by atoms with Crippen LogP contribution in [0.1, 0.15) is 13.8 Å². The number of aromatic nitrogens is 3. The van der Waals surface area contributed by atoms with Gasteiger partial charge in [0.25, 0.3) is 5.89 Å². The Bertz CT molecular complexity index is 958. The Morgan fingerprint density at radius 3 is 2.81 bits per heavy atom. The van der Waals surface area contributed by atoms with Crippen LogP contribution < -0.4 is 9.47 Å². The summed E-state index contributed by atoms with van der Waals surface area (Å²) in [5.41, 5.74) is 1.47. The lowest BCUT2D eigenvalue weighted by atomic mass is 10.2. The highest BCUT2D eigenvalue weighted by Crippen LogP contribution is 2.35. The lowest BCUT2D eigenvalue weighted by Gasteiger charge is -2.19. The Morgan fingerprint density at radius 2 is 2.00 bits per heavy atom. The summed E-state index contributed by atoms with van der Waals surface area (Å²) in [7, 11) is 0. The molecule has 0 spiro atoms. The minimum atomic E-state index is 0.0490. The molecule has 2 aromatic heterocycles. The Kier molecular flexibility index (Phi) is 4.53. The molecule has 0 unspecified atom stereocenters.